The Morgan fingerprint density at radius 2 is 1.63 bits per heavy atom. The molecule has 2 rings (SSSR count). The predicted octanol–water partition coefficient (Wildman–Crippen LogP) is 2.69. The van der Waals surface area contributed by atoms with E-state index in [9.17, 15) is 18.8 Å². The molecule has 0 bridgehead atoms. The van der Waals surface area contributed by atoms with Gasteiger partial charge >= 0.3 is 6.09 Å². The van der Waals surface area contributed by atoms with Crippen LogP contribution in [0.25, 0.3) is 0 Å². The van der Waals surface area contributed by atoms with E-state index in [1.165, 1.54) is 18.2 Å². The lowest BCUT2D eigenvalue weighted by molar-refractivity contribution is -0.123. The Morgan fingerprint density at radius 1 is 0.967 bits per heavy atom. The number of halogens is 1. The van der Waals surface area contributed by atoms with E-state index in [4.69, 9.17) is 9.47 Å². The summed E-state index contributed by atoms with van der Waals surface area (Å²) in [6.07, 6.45) is -0.537. The molecule has 160 valence electrons. The molecular weight excluding hydrogens is 393 g/mol. The Bertz CT molecular complexity index is 894. The summed E-state index contributed by atoms with van der Waals surface area (Å²) in [4.78, 5) is 35.5. The van der Waals surface area contributed by atoms with Crippen LogP contribution in [-0.2, 0) is 16.1 Å². The van der Waals surface area contributed by atoms with Crippen molar-refractivity contribution in [1.82, 2.24) is 16.2 Å². The molecule has 0 saturated heterocycles. The molecule has 0 aromatic heterocycles. The van der Waals surface area contributed by atoms with Crippen LogP contribution in [0, 0.1) is 5.82 Å². The van der Waals surface area contributed by atoms with Crippen molar-refractivity contribution in [3.63, 3.8) is 0 Å². The number of rotatable bonds is 6. The molecule has 3 N–H and O–H groups in total. The van der Waals surface area contributed by atoms with Gasteiger partial charge in [-0.2, -0.15) is 0 Å². The largest absolute Gasteiger partial charge is 0.481 e. The molecule has 0 heterocycles. The van der Waals surface area contributed by atoms with Gasteiger partial charge in [-0.15, -0.1) is 0 Å². The smallest absolute Gasteiger partial charge is 0.407 e. The number of alkyl carbamates (subject to hydrolysis) is 1. The van der Waals surface area contributed by atoms with Gasteiger partial charge in [0.2, 0.25) is 0 Å². The zero-order valence-corrected chi connectivity index (χ0v) is 17.0. The number of amides is 3. The summed E-state index contributed by atoms with van der Waals surface area (Å²) in [7, 11) is 0. The molecule has 0 aliphatic heterocycles. The van der Waals surface area contributed by atoms with E-state index < -0.39 is 35.9 Å². The SMILES string of the molecule is CC(C)(C)OC(=O)NCc1ccc(C(=O)NNC(=O)COc2ccccc2F)cc1. The number of benzene rings is 2. The fourth-order valence-electron chi connectivity index (χ4n) is 2.20. The number of ether oxygens (including phenoxy) is 2. The Labute approximate surface area is 173 Å². The molecule has 2 aromatic carbocycles. The van der Waals surface area contributed by atoms with Gasteiger partial charge in [-0.1, -0.05) is 24.3 Å². The van der Waals surface area contributed by atoms with Crippen molar-refractivity contribution >= 4 is 17.9 Å². The summed E-state index contributed by atoms with van der Waals surface area (Å²) in [5.41, 5.74) is 4.91. The fourth-order valence-corrected chi connectivity index (χ4v) is 2.20. The number of carbonyl (C=O) groups is 3. The topological polar surface area (TPSA) is 106 Å². The monoisotopic (exact) mass is 417 g/mol. The van der Waals surface area contributed by atoms with Gasteiger partial charge in [0.05, 0.1) is 0 Å². The molecule has 0 atom stereocenters. The first-order chi connectivity index (χ1) is 14.1. The molecule has 2 aromatic rings. The summed E-state index contributed by atoms with van der Waals surface area (Å²) in [5.74, 6) is -1.84. The van der Waals surface area contributed by atoms with Gasteiger partial charge in [-0.05, 0) is 50.6 Å². The third-order valence-electron chi connectivity index (χ3n) is 3.56. The van der Waals surface area contributed by atoms with Gasteiger partial charge in [-0.25, -0.2) is 9.18 Å². The van der Waals surface area contributed by atoms with Gasteiger partial charge in [0.1, 0.15) is 5.60 Å². The highest BCUT2D eigenvalue weighted by molar-refractivity contribution is 5.95. The van der Waals surface area contributed by atoms with E-state index in [2.05, 4.69) is 16.2 Å². The van der Waals surface area contributed by atoms with E-state index in [1.807, 2.05) is 0 Å². The van der Waals surface area contributed by atoms with E-state index in [0.717, 1.165) is 5.56 Å². The maximum atomic E-state index is 13.4. The maximum absolute atomic E-state index is 13.4. The van der Waals surface area contributed by atoms with Gasteiger partial charge in [-0.3, -0.25) is 20.4 Å². The van der Waals surface area contributed by atoms with Gasteiger partial charge < -0.3 is 14.8 Å². The van der Waals surface area contributed by atoms with Crippen molar-refractivity contribution in [3.8, 4) is 5.75 Å². The highest BCUT2D eigenvalue weighted by Crippen LogP contribution is 2.14. The van der Waals surface area contributed by atoms with Gasteiger partial charge in [0, 0.05) is 12.1 Å². The second-order valence-corrected chi connectivity index (χ2v) is 7.27. The molecule has 0 fully saturated rings. The summed E-state index contributed by atoms with van der Waals surface area (Å²) in [6.45, 7) is 5.08. The van der Waals surface area contributed by atoms with Crippen LogP contribution >= 0.6 is 0 Å². The van der Waals surface area contributed by atoms with Crippen molar-refractivity contribution in [1.29, 1.82) is 0 Å². The molecule has 0 unspecified atom stereocenters. The Morgan fingerprint density at radius 3 is 2.27 bits per heavy atom. The average molecular weight is 417 g/mol. The zero-order chi connectivity index (χ0) is 22.1. The minimum Gasteiger partial charge on any atom is -0.481 e. The maximum Gasteiger partial charge on any atom is 0.407 e. The normalized spacial score (nSPS) is 10.7. The van der Waals surface area contributed by atoms with E-state index in [1.54, 1.807) is 51.1 Å². The van der Waals surface area contributed by atoms with Crippen LogP contribution < -0.4 is 20.9 Å². The van der Waals surface area contributed by atoms with Crippen LogP contribution in [0.5, 0.6) is 5.75 Å². The Balaban J connectivity index is 1.75. The van der Waals surface area contributed by atoms with Crippen LogP contribution in [-0.4, -0.2) is 30.1 Å². The Kier molecular flexibility index (Phi) is 7.74. The number of carbonyl (C=O) groups excluding carboxylic acids is 3. The highest BCUT2D eigenvalue weighted by atomic mass is 19.1. The highest BCUT2D eigenvalue weighted by Gasteiger charge is 2.15. The molecule has 8 nitrogen and oxygen atoms in total. The minimum absolute atomic E-state index is 0.0606. The molecule has 0 spiro atoms. The van der Waals surface area contributed by atoms with Crippen molar-refractivity contribution in [2.45, 2.75) is 32.9 Å². The molecule has 3 amide bonds. The van der Waals surface area contributed by atoms with Gasteiger partial charge in [0.15, 0.2) is 18.2 Å². The molecule has 0 saturated carbocycles. The van der Waals surface area contributed by atoms with Crippen LogP contribution in [0.2, 0.25) is 0 Å². The van der Waals surface area contributed by atoms with Gasteiger partial charge in [0.25, 0.3) is 11.8 Å². The second kappa shape index (κ2) is 10.2. The predicted molar refractivity (Wildman–Crippen MR) is 107 cm³/mol. The summed E-state index contributed by atoms with van der Waals surface area (Å²) in [5, 5.41) is 2.62. The summed E-state index contributed by atoms with van der Waals surface area (Å²) < 4.78 is 23.6. The molecular formula is C21H24FN3O5. The second-order valence-electron chi connectivity index (χ2n) is 7.27. The first kappa shape index (κ1) is 22.7. The third kappa shape index (κ3) is 7.78. The Hall–Kier alpha value is -3.62. The lowest BCUT2D eigenvalue weighted by atomic mass is 10.1. The molecule has 0 aliphatic rings. The molecule has 0 radical (unpaired) electrons. The quantitative estimate of drug-likeness (QED) is 0.627. The minimum atomic E-state index is -0.648. The number of hydrazine groups is 1. The lowest BCUT2D eigenvalue weighted by Gasteiger charge is -2.19. The van der Waals surface area contributed by atoms with E-state index in [0.29, 0.717) is 5.56 Å². The molecule has 9 heteroatoms. The van der Waals surface area contributed by atoms with Crippen LogP contribution in [0.3, 0.4) is 0 Å². The first-order valence-electron chi connectivity index (χ1n) is 9.16. The zero-order valence-electron chi connectivity index (χ0n) is 17.0. The van der Waals surface area contributed by atoms with E-state index in [-0.39, 0.29) is 12.3 Å². The average Bonchev–Trinajstić information content (AvgIpc) is 2.69. The molecule has 0 aliphatic carbocycles. The molecule has 30 heavy (non-hydrogen) atoms. The summed E-state index contributed by atoms with van der Waals surface area (Å²) >= 11 is 0. The van der Waals surface area contributed by atoms with Crippen molar-refractivity contribution < 1.29 is 28.2 Å². The number of para-hydroxylation sites is 1. The van der Waals surface area contributed by atoms with E-state index >= 15 is 0 Å². The van der Waals surface area contributed by atoms with Crippen LogP contribution in [0.1, 0.15) is 36.7 Å². The van der Waals surface area contributed by atoms with Crippen LogP contribution in [0.4, 0.5) is 9.18 Å². The number of hydrogen-bond acceptors (Lipinski definition) is 5. The van der Waals surface area contributed by atoms with Crippen LogP contribution in [0.15, 0.2) is 48.5 Å². The van der Waals surface area contributed by atoms with Crippen molar-refractivity contribution in [2.75, 3.05) is 6.61 Å². The van der Waals surface area contributed by atoms with Crippen molar-refractivity contribution in [3.05, 3.63) is 65.5 Å². The third-order valence-corrected chi connectivity index (χ3v) is 3.56. The number of nitrogens with one attached hydrogen (secondary N) is 3. The summed E-state index contributed by atoms with van der Waals surface area (Å²) in [6, 6.07) is 12.1. The first-order valence-corrected chi connectivity index (χ1v) is 9.16. The standard InChI is InChI=1S/C21H24FN3O5/c1-21(2,3)30-20(28)23-12-14-8-10-15(11-9-14)19(27)25-24-18(26)13-29-17-7-5-4-6-16(17)22/h4-11H,12-13H2,1-3H3,(H,23,28)(H,24,26)(H,25,27). The van der Waals surface area contributed by atoms with Crippen molar-refractivity contribution in [2.24, 2.45) is 0 Å². The lowest BCUT2D eigenvalue weighted by Crippen LogP contribution is -2.43. The number of hydrogen-bond donors (Lipinski definition) is 3. The fraction of sp³-hybridized carbons (Fsp3) is 0.286.